The third-order valence-corrected chi connectivity index (χ3v) is 7.53. The number of halogens is 2. The molecule has 0 aromatic heterocycles. The molecule has 5 amide bonds. The minimum atomic E-state index is -3.32. The maximum atomic E-state index is 14.2. The number of rotatable bonds is 9. The Balaban J connectivity index is 2.36. The second kappa shape index (κ2) is 10.4. The number of alkyl halides is 2. The third kappa shape index (κ3) is 6.99. The van der Waals surface area contributed by atoms with Crippen molar-refractivity contribution in [1.29, 1.82) is 0 Å². The number of Topliss-reactive ketones (excluding diaryl/α,β-unsaturated/α-hetero) is 1. The van der Waals surface area contributed by atoms with Crippen LogP contribution in [0.15, 0.2) is 0 Å². The summed E-state index contributed by atoms with van der Waals surface area (Å²) >= 11 is 0. The largest absolute Gasteiger partial charge is 0.363 e. The van der Waals surface area contributed by atoms with Crippen LogP contribution in [0.25, 0.3) is 0 Å². The summed E-state index contributed by atoms with van der Waals surface area (Å²) in [5.41, 5.74) is 3.47. The zero-order valence-electron chi connectivity index (χ0n) is 23.8. The number of piperidine rings is 1. The molecule has 1 saturated carbocycles. The molecule has 0 spiro atoms. The SMILES string of the molecule is CCC(F)(F)CC(NC(=O)[C@@H]1C2[C@H](CN1C(=O)[C@@H](NC(=O)NC(C)(C)C)C(C)(C)C)C2(C)C)C(=O)C(N)=O. The molecule has 0 bridgehead atoms. The fraction of sp³-hybridized carbons (Fsp3) is 0.808. The smallest absolute Gasteiger partial charge is 0.315 e. The van der Waals surface area contributed by atoms with Crippen LogP contribution in [0, 0.1) is 22.7 Å². The summed E-state index contributed by atoms with van der Waals surface area (Å²) in [6.45, 7) is 16.0. The van der Waals surface area contributed by atoms with Crippen LogP contribution < -0.4 is 21.7 Å². The van der Waals surface area contributed by atoms with Gasteiger partial charge in [0.15, 0.2) is 0 Å². The van der Waals surface area contributed by atoms with Crippen molar-refractivity contribution >= 4 is 29.5 Å². The van der Waals surface area contributed by atoms with Gasteiger partial charge in [-0.15, -0.1) is 0 Å². The van der Waals surface area contributed by atoms with Crippen LogP contribution >= 0.6 is 0 Å². The first-order chi connectivity index (χ1) is 17.0. The highest BCUT2D eigenvalue weighted by molar-refractivity contribution is 6.37. The van der Waals surface area contributed by atoms with Gasteiger partial charge < -0.3 is 26.6 Å². The molecule has 1 heterocycles. The molecule has 2 aliphatic rings. The lowest BCUT2D eigenvalue weighted by atomic mass is 9.85. The third-order valence-electron chi connectivity index (χ3n) is 7.53. The van der Waals surface area contributed by atoms with Gasteiger partial charge in [-0.3, -0.25) is 19.2 Å². The van der Waals surface area contributed by atoms with E-state index in [0.29, 0.717) is 0 Å². The van der Waals surface area contributed by atoms with E-state index in [2.05, 4.69) is 16.0 Å². The van der Waals surface area contributed by atoms with E-state index >= 15 is 0 Å². The van der Waals surface area contributed by atoms with E-state index in [1.165, 1.54) is 11.8 Å². The number of carbonyl (C=O) groups excluding carboxylic acids is 5. The number of carbonyl (C=O) groups is 5. The van der Waals surface area contributed by atoms with Crippen LogP contribution in [0.4, 0.5) is 13.6 Å². The first-order valence-electron chi connectivity index (χ1n) is 12.9. The molecule has 2 fully saturated rings. The number of likely N-dealkylation sites (tertiary alicyclic amines) is 1. The summed E-state index contributed by atoms with van der Waals surface area (Å²) in [5.74, 6) is -7.72. The number of hydrogen-bond donors (Lipinski definition) is 4. The van der Waals surface area contributed by atoms with E-state index in [9.17, 15) is 32.8 Å². The molecule has 38 heavy (non-hydrogen) atoms. The maximum Gasteiger partial charge on any atom is 0.315 e. The Morgan fingerprint density at radius 2 is 1.58 bits per heavy atom. The number of ketones is 1. The zero-order chi connectivity index (χ0) is 29.6. The minimum absolute atomic E-state index is 0.0337. The summed E-state index contributed by atoms with van der Waals surface area (Å²) in [6, 6.07) is -4.46. The number of primary amides is 1. The standard InChI is InChI=1S/C26H43F2N5O5/c1-10-26(27,28)11-14(17(34)19(29)35)30-20(36)16-15-13(25(15,8)9)12-33(16)21(37)18(23(2,3)4)31-22(38)32-24(5,6)7/h13-16,18H,10-12H2,1-9H3,(H2,29,35)(H,30,36)(H2,31,32,38)/t13-,14?,15?,16-,18+/m0/s1. The van der Waals surface area contributed by atoms with E-state index in [0.717, 1.165) is 0 Å². The molecule has 1 saturated heterocycles. The van der Waals surface area contributed by atoms with Crippen LogP contribution in [0.2, 0.25) is 0 Å². The molecule has 1 aliphatic carbocycles. The van der Waals surface area contributed by atoms with Gasteiger partial charge in [0.25, 0.3) is 5.91 Å². The number of hydrogen-bond acceptors (Lipinski definition) is 5. The van der Waals surface area contributed by atoms with Crippen LogP contribution in [0.1, 0.15) is 75.2 Å². The van der Waals surface area contributed by atoms with E-state index in [4.69, 9.17) is 5.73 Å². The number of amides is 5. The van der Waals surface area contributed by atoms with Crippen molar-refractivity contribution in [3.05, 3.63) is 0 Å². The summed E-state index contributed by atoms with van der Waals surface area (Å²) in [5, 5.41) is 7.78. The predicted molar refractivity (Wildman–Crippen MR) is 137 cm³/mol. The van der Waals surface area contributed by atoms with Gasteiger partial charge in [-0.05, 0) is 43.4 Å². The Morgan fingerprint density at radius 3 is 2.03 bits per heavy atom. The number of urea groups is 1. The molecule has 0 aromatic rings. The van der Waals surface area contributed by atoms with Crippen molar-refractivity contribution in [2.24, 2.45) is 28.4 Å². The summed E-state index contributed by atoms with van der Waals surface area (Å²) in [4.78, 5) is 65.2. The van der Waals surface area contributed by atoms with Gasteiger partial charge in [-0.25, -0.2) is 13.6 Å². The van der Waals surface area contributed by atoms with Gasteiger partial charge in [-0.2, -0.15) is 0 Å². The molecule has 1 aliphatic heterocycles. The number of nitrogens with two attached hydrogens (primary N) is 1. The van der Waals surface area contributed by atoms with Crippen LogP contribution in [-0.4, -0.2) is 70.6 Å². The Hall–Kier alpha value is -2.79. The summed E-state index contributed by atoms with van der Waals surface area (Å²) < 4.78 is 28.4. The van der Waals surface area contributed by atoms with Crippen molar-refractivity contribution in [2.45, 2.75) is 105 Å². The lowest BCUT2D eigenvalue weighted by Crippen LogP contribution is -2.62. The second-order valence-corrected chi connectivity index (χ2v) is 13.2. The van der Waals surface area contributed by atoms with E-state index in [1.54, 1.807) is 41.5 Å². The number of nitrogens with one attached hydrogen (secondary N) is 3. The van der Waals surface area contributed by atoms with Crippen molar-refractivity contribution in [1.82, 2.24) is 20.9 Å². The Kier molecular flexibility index (Phi) is 8.61. The van der Waals surface area contributed by atoms with Gasteiger partial charge in [0.05, 0.1) is 0 Å². The molecule has 5 N–H and O–H groups in total. The highest BCUT2D eigenvalue weighted by atomic mass is 19.3. The highest BCUT2D eigenvalue weighted by Crippen LogP contribution is 2.65. The fourth-order valence-electron chi connectivity index (χ4n) is 5.22. The average molecular weight is 544 g/mol. The van der Waals surface area contributed by atoms with Gasteiger partial charge >= 0.3 is 6.03 Å². The molecule has 5 atom stereocenters. The Bertz CT molecular complexity index is 985. The Morgan fingerprint density at radius 1 is 1.03 bits per heavy atom. The van der Waals surface area contributed by atoms with E-state index in [-0.39, 0.29) is 23.8 Å². The maximum absolute atomic E-state index is 14.2. The first kappa shape index (κ1) is 31.4. The van der Waals surface area contributed by atoms with Gasteiger partial charge in [0, 0.05) is 24.9 Å². The zero-order valence-corrected chi connectivity index (χ0v) is 23.8. The predicted octanol–water partition coefficient (Wildman–Crippen LogP) is 1.96. The molecule has 2 unspecified atom stereocenters. The fourth-order valence-corrected chi connectivity index (χ4v) is 5.22. The molecule has 10 nitrogen and oxygen atoms in total. The van der Waals surface area contributed by atoms with Crippen molar-refractivity contribution < 1.29 is 32.8 Å². The Labute approximate surface area is 223 Å². The quantitative estimate of drug-likeness (QED) is 0.328. The second-order valence-electron chi connectivity index (χ2n) is 13.2. The van der Waals surface area contributed by atoms with Gasteiger partial charge in [0.1, 0.15) is 18.1 Å². The highest BCUT2D eigenvalue weighted by Gasteiger charge is 2.70. The summed E-state index contributed by atoms with van der Waals surface area (Å²) in [7, 11) is 0. The van der Waals surface area contributed by atoms with E-state index in [1.807, 2.05) is 13.8 Å². The van der Waals surface area contributed by atoms with Crippen LogP contribution in [-0.2, 0) is 19.2 Å². The lowest BCUT2D eigenvalue weighted by molar-refractivity contribution is -0.145. The van der Waals surface area contributed by atoms with Gasteiger partial charge in [-0.1, -0.05) is 41.5 Å². The topological polar surface area (TPSA) is 151 Å². The number of nitrogens with zero attached hydrogens (tertiary/aromatic N) is 1. The van der Waals surface area contributed by atoms with Crippen molar-refractivity contribution in [3.63, 3.8) is 0 Å². The minimum Gasteiger partial charge on any atom is -0.363 e. The normalized spacial score (nSPS) is 24.1. The lowest BCUT2D eigenvalue weighted by Gasteiger charge is -2.38. The molecule has 216 valence electrons. The molecule has 0 radical (unpaired) electrons. The molecular weight excluding hydrogens is 500 g/mol. The molecule has 2 rings (SSSR count). The molecular formula is C26H43F2N5O5. The van der Waals surface area contributed by atoms with E-state index < -0.39 is 77.4 Å². The number of fused-ring (bicyclic) bond motifs is 1. The van der Waals surface area contributed by atoms with Crippen LogP contribution in [0.5, 0.6) is 0 Å². The van der Waals surface area contributed by atoms with Gasteiger partial charge in [0.2, 0.25) is 23.5 Å². The van der Waals surface area contributed by atoms with Crippen LogP contribution in [0.3, 0.4) is 0 Å². The average Bonchev–Trinajstić information content (AvgIpc) is 3.08. The monoisotopic (exact) mass is 543 g/mol. The first-order valence-corrected chi connectivity index (χ1v) is 12.9. The molecule has 12 heteroatoms. The molecule has 0 aromatic carbocycles. The van der Waals surface area contributed by atoms with Crippen molar-refractivity contribution in [3.8, 4) is 0 Å². The summed E-state index contributed by atoms with van der Waals surface area (Å²) in [6.07, 6.45) is -1.69. The van der Waals surface area contributed by atoms with Crippen molar-refractivity contribution in [2.75, 3.05) is 6.54 Å².